The Morgan fingerprint density at radius 3 is 1.00 bits per heavy atom. The normalized spacial score (nSPS) is 14.7. The van der Waals surface area contributed by atoms with Crippen LogP contribution in [0, 0.1) is 0 Å². The standard InChI is InChI=1S/C110H74N2O/c1-107(2)93-37-15-8-31-84(93)89-35-22-33-77(105(89)107)67-44-50-72(51-45-67)111(71-24-6-5-7-25-71)74-55-58-86-91-62-70(49-61-100(91)110(102(86)64-74)97-40-18-11-28-81(97)82-29-12-19-41-98(82)110)69-48-60-94-92(63-69)90-36-23-34-78(106(90)108(94,3)4)68-46-52-73(53-47-68)112(76-56-59-88-87-32-14-21-43-103(87)113-104(88)66-76)75-54-57-85-83-30-13-20-42-99(83)109(101(85)65-75)95-38-16-9-26-79(95)80-27-10-17-39-96(80)109/h5-66H,1-4H3. The van der Waals surface area contributed by atoms with Crippen molar-refractivity contribution < 1.29 is 4.42 Å². The molecule has 3 nitrogen and oxygen atoms in total. The maximum absolute atomic E-state index is 6.69. The molecule has 0 fully saturated rings. The van der Waals surface area contributed by atoms with Gasteiger partial charge in [0.15, 0.2) is 0 Å². The molecule has 113 heavy (non-hydrogen) atoms. The molecule has 0 radical (unpaired) electrons. The molecular weight excluding hydrogens is 1370 g/mol. The largest absolute Gasteiger partial charge is 0.456 e. The minimum Gasteiger partial charge on any atom is -0.456 e. The van der Waals surface area contributed by atoms with Crippen molar-refractivity contribution in [2.75, 3.05) is 9.80 Å². The van der Waals surface area contributed by atoms with Crippen LogP contribution in [0.4, 0.5) is 34.1 Å². The van der Waals surface area contributed by atoms with Gasteiger partial charge in [-0.05, 0) is 258 Å². The molecule has 2 spiro atoms. The maximum atomic E-state index is 6.69. The first-order chi connectivity index (χ1) is 55.5. The molecule has 24 rings (SSSR count). The number of anilines is 6. The van der Waals surface area contributed by atoms with Gasteiger partial charge < -0.3 is 14.2 Å². The first kappa shape index (κ1) is 64.0. The Hall–Kier alpha value is -13.9. The van der Waals surface area contributed by atoms with E-state index in [0.29, 0.717) is 0 Å². The van der Waals surface area contributed by atoms with Crippen molar-refractivity contribution in [1.82, 2.24) is 0 Å². The predicted octanol–water partition coefficient (Wildman–Crippen LogP) is 28.8. The lowest BCUT2D eigenvalue weighted by atomic mass is 9.70. The predicted molar refractivity (Wildman–Crippen MR) is 467 cm³/mol. The van der Waals surface area contributed by atoms with Crippen LogP contribution in [-0.4, -0.2) is 0 Å². The van der Waals surface area contributed by atoms with E-state index in [0.717, 1.165) is 56.1 Å². The molecule has 0 saturated heterocycles. The smallest absolute Gasteiger partial charge is 0.137 e. The monoisotopic (exact) mass is 1440 g/mol. The molecule has 3 heteroatoms. The lowest BCUT2D eigenvalue weighted by molar-refractivity contribution is 0.662. The van der Waals surface area contributed by atoms with Gasteiger partial charge in [-0.2, -0.15) is 0 Å². The topological polar surface area (TPSA) is 19.6 Å². The van der Waals surface area contributed by atoms with Crippen molar-refractivity contribution in [1.29, 1.82) is 0 Å². The first-order valence-corrected chi connectivity index (χ1v) is 39.8. The highest BCUT2D eigenvalue weighted by Crippen LogP contribution is 2.67. The van der Waals surface area contributed by atoms with Crippen LogP contribution in [0.2, 0.25) is 0 Å². The van der Waals surface area contributed by atoms with E-state index < -0.39 is 10.8 Å². The Bertz CT molecular complexity index is 7020. The van der Waals surface area contributed by atoms with Gasteiger partial charge in [0, 0.05) is 61.8 Å². The molecule has 530 valence electrons. The molecule has 18 aromatic rings. The number of benzene rings is 17. The number of hydrogen-bond donors (Lipinski definition) is 0. The Morgan fingerprint density at radius 1 is 0.186 bits per heavy atom. The Balaban J connectivity index is 0.608. The van der Waals surface area contributed by atoms with Crippen LogP contribution in [0.15, 0.2) is 381 Å². The van der Waals surface area contributed by atoms with Gasteiger partial charge >= 0.3 is 0 Å². The van der Waals surface area contributed by atoms with Crippen LogP contribution < -0.4 is 9.80 Å². The summed E-state index contributed by atoms with van der Waals surface area (Å²) < 4.78 is 6.69. The molecule has 0 unspecified atom stereocenters. The van der Waals surface area contributed by atoms with Gasteiger partial charge in [-0.1, -0.05) is 307 Å². The summed E-state index contributed by atoms with van der Waals surface area (Å²) in [6, 6.07) is 142. The van der Waals surface area contributed by atoms with Crippen LogP contribution >= 0.6 is 0 Å². The molecule has 0 bridgehead atoms. The van der Waals surface area contributed by atoms with Crippen molar-refractivity contribution in [3.05, 3.63) is 443 Å². The number of fused-ring (bicyclic) bond motifs is 29. The highest BCUT2D eigenvalue weighted by molar-refractivity contribution is 6.07. The molecule has 0 saturated carbocycles. The molecule has 0 N–H and O–H groups in total. The van der Waals surface area contributed by atoms with Crippen molar-refractivity contribution in [2.45, 2.75) is 49.4 Å². The van der Waals surface area contributed by atoms with Crippen LogP contribution in [0.25, 0.3) is 122 Å². The van der Waals surface area contributed by atoms with E-state index in [1.807, 2.05) is 0 Å². The molecule has 0 atom stereocenters. The van der Waals surface area contributed by atoms with Crippen molar-refractivity contribution >= 4 is 56.1 Å². The van der Waals surface area contributed by atoms with Gasteiger partial charge in [0.25, 0.3) is 0 Å². The molecule has 6 aliphatic carbocycles. The zero-order valence-electron chi connectivity index (χ0n) is 63.1. The van der Waals surface area contributed by atoms with Crippen LogP contribution in [0.5, 0.6) is 0 Å². The molecular formula is C110H74N2O. The van der Waals surface area contributed by atoms with Crippen LogP contribution in [-0.2, 0) is 21.7 Å². The Labute approximate surface area is 658 Å². The van der Waals surface area contributed by atoms with Crippen molar-refractivity contribution in [3.63, 3.8) is 0 Å². The summed E-state index contributed by atoms with van der Waals surface area (Å²) in [5, 5.41) is 2.22. The van der Waals surface area contributed by atoms with E-state index in [4.69, 9.17) is 4.42 Å². The van der Waals surface area contributed by atoms with E-state index >= 15 is 0 Å². The molecule has 0 aliphatic heterocycles. The number of rotatable bonds is 9. The first-order valence-electron chi connectivity index (χ1n) is 39.8. The molecule has 6 aliphatic rings. The second-order valence-electron chi connectivity index (χ2n) is 32.8. The van der Waals surface area contributed by atoms with Gasteiger partial charge in [0.1, 0.15) is 11.2 Å². The minimum absolute atomic E-state index is 0.132. The zero-order valence-corrected chi connectivity index (χ0v) is 63.1. The second-order valence-corrected chi connectivity index (χ2v) is 32.8. The lowest BCUT2D eigenvalue weighted by Crippen LogP contribution is -2.26. The Kier molecular flexibility index (Phi) is 13.2. The van der Waals surface area contributed by atoms with Crippen molar-refractivity contribution in [3.8, 4) is 100 Å². The maximum Gasteiger partial charge on any atom is 0.137 e. The molecule has 1 aromatic heterocycles. The third kappa shape index (κ3) is 8.63. The third-order valence-corrected chi connectivity index (χ3v) is 26.7. The Morgan fingerprint density at radius 2 is 0.496 bits per heavy atom. The van der Waals surface area contributed by atoms with Crippen LogP contribution in [0.1, 0.15) is 94.5 Å². The van der Waals surface area contributed by atoms with E-state index in [2.05, 4.69) is 414 Å². The molecule has 1 heterocycles. The number of para-hydroxylation sites is 2. The highest BCUT2D eigenvalue weighted by Gasteiger charge is 2.54. The number of furan rings is 1. The average molecular weight is 1440 g/mol. The van der Waals surface area contributed by atoms with Gasteiger partial charge in [0.05, 0.1) is 10.8 Å². The lowest BCUT2D eigenvalue weighted by Gasteiger charge is -2.32. The summed E-state index contributed by atoms with van der Waals surface area (Å²) in [6.07, 6.45) is 0. The quantitative estimate of drug-likeness (QED) is 0.144. The minimum atomic E-state index is -0.567. The fourth-order valence-electron chi connectivity index (χ4n) is 22.0. The van der Waals surface area contributed by atoms with Gasteiger partial charge in [-0.25, -0.2) is 0 Å². The third-order valence-electron chi connectivity index (χ3n) is 26.7. The average Bonchev–Trinajstić information content (AvgIpc) is 1.51. The summed E-state index contributed by atoms with van der Waals surface area (Å²) in [6.45, 7) is 9.61. The zero-order chi connectivity index (χ0) is 74.8. The number of nitrogens with zero attached hydrogens (tertiary/aromatic N) is 2. The van der Waals surface area contributed by atoms with E-state index in [-0.39, 0.29) is 10.8 Å². The highest BCUT2D eigenvalue weighted by atomic mass is 16.3. The summed E-state index contributed by atoms with van der Waals surface area (Å²) in [4.78, 5) is 4.89. The summed E-state index contributed by atoms with van der Waals surface area (Å²) in [5.41, 5.74) is 45.5. The fraction of sp³-hybridized carbons (Fsp3) is 0.0727. The van der Waals surface area contributed by atoms with Crippen molar-refractivity contribution in [2.24, 2.45) is 0 Å². The van der Waals surface area contributed by atoms with Gasteiger partial charge in [-0.3, -0.25) is 0 Å². The van der Waals surface area contributed by atoms with Gasteiger partial charge in [-0.15, -0.1) is 0 Å². The van der Waals surface area contributed by atoms with Gasteiger partial charge in [0.2, 0.25) is 0 Å². The summed E-state index contributed by atoms with van der Waals surface area (Å²) in [7, 11) is 0. The van der Waals surface area contributed by atoms with Crippen LogP contribution in [0.3, 0.4) is 0 Å². The van der Waals surface area contributed by atoms with E-state index in [1.54, 1.807) is 0 Å². The number of hydrogen-bond acceptors (Lipinski definition) is 3. The summed E-state index contributed by atoms with van der Waals surface area (Å²) >= 11 is 0. The van der Waals surface area contributed by atoms with E-state index in [1.165, 1.54) is 167 Å². The summed E-state index contributed by atoms with van der Waals surface area (Å²) in [5.74, 6) is 0. The molecule has 17 aromatic carbocycles. The second kappa shape index (κ2) is 23.4. The fourth-order valence-corrected chi connectivity index (χ4v) is 22.0. The molecule has 0 amide bonds. The SMILES string of the molecule is CC1(C)c2ccccc2-c2cccc(-c3ccc(N(c4ccccc4)c4ccc5c(c4)C4(c6ccccc6-c6ccccc64)c4ccc(-c6ccc7c(c6)-c6cccc(-c8ccc(N(c9ccc%10c(c9)C9(c%11ccccc%11-c%11ccccc%119)c9ccccc9-%10)c9ccc%10c(c9)oc9ccccc9%10)cc8)c6C7(C)C)cc4-5)cc3)c21. The van der Waals surface area contributed by atoms with E-state index in [9.17, 15) is 0 Å².